The van der Waals surface area contributed by atoms with E-state index in [1.54, 1.807) is 24.4 Å². The second-order valence-electron chi connectivity index (χ2n) is 13.6. The molecule has 3 aliphatic heterocycles. The van der Waals surface area contributed by atoms with E-state index in [-0.39, 0.29) is 64.9 Å². The third-order valence-electron chi connectivity index (χ3n) is 10.0. The van der Waals surface area contributed by atoms with Gasteiger partial charge in [-0.15, -0.1) is 0 Å². The van der Waals surface area contributed by atoms with Crippen LogP contribution in [0.3, 0.4) is 0 Å². The van der Waals surface area contributed by atoms with Gasteiger partial charge in [0, 0.05) is 31.3 Å². The van der Waals surface area contributed by atoms with Crippen LogP contribution in [0.25, 0.3) is 11.0 Å². The highest BCUT2D eigenvalue weighted by Gasteiger charge is 2.48. The molecule has 0 bridgehead atoms. The summed E-state index contributed by atoms with van der Waals surface area (Å²) in [6.45, 7) is 0.177. The molecule has 2 fully saturated rings. The molecule has 7 N–H and O–H groups in total. The second kappa shape index (κ2) is 15.7. The van der Waals surface area contributed by atoms with Gasteiger partial charge in [-0.25, -0.2) is 9.97 Å². The Labute approximate surface area is 318 Å². The quantitative estimate of drug-likeness (QED) is 0.0793. The van der Waals surface area contributed by atoms with Gasteiger partial charge in [0.25, 0.3) is 11.8 Å². The van der Waals surface area contributed by atoms with E-state index in [9.17, 15) is 39.3 Å². The zero-order valence-electron chi connectivity index (χ0n) is 29.3. The number of aromatic nitrogens is 3. The molecule has 0 aliphatic carbocycles. The number of hydrogen-bond donors (Lipinski definition) is 6. The molecule has 17 nitrogen and oxygen atoms in total. The molecule has 55 heavy (non-hydrogen) atoms. The number of aliphatic hydroxyl groups excluding tert-OH is 3. The van der Waals surface area contributed by atoms with E-state index in [0.29, 0.717) is 42.5 Å². The van der Waals surface area contributed by atoms with Crippen LogP contribution in [0.5, 0.6) is 5.75 Å². The van der Waals surface area contributed by atoms with Crippen molar-refractivity contribution >= 4 is 63.6 Å². The van der Waals surface area contributed by atoms with Gasteiger partial charge in [0.15, 0.2) is 12.0 Å². The zero-order valence-corrected chi connectivity index (χ0v) is 30.0. The third kappa shape index (κ3) is 7.36. The number of aliphatic hydroxyl groups is 3. The summed E-state index contributed by atoms with van der Waals surface area (Å²) in [6.07, 6.45) is -1.53. The Balaban J connectivity index is 0.874. The normalized spacial score (nSPS) is 22.9. The molecule has 18 heteroatoms. The van der Waals surface area contributed by atoms with Crippen molar-refractivity contribution in [2.24, 2.45) is 0 Å². The first kappa shape index (κ1) is 37.8. The van der Waals surface area contributed by atoms with Crippen LogP contribution in [0.1, 0.15) is 77.1 Å². The number of carbonyl (C=O) groups excluding carboxylic acids is 5. The molecule has 4 amide bonds. The molecule has 2 aromatic carbocycles. The van der Waals surface area contributed by atoms with E-state index in [1.807, 2.05) is 0 Å². The number of benzene rings is 2. The fourth-order valence-corrected chi connectivity index (χ4v) is 7.29. The predicted molar refractivity (Wildman–Crippen MR) is 195 cm³/mol. The number of nitrogens with one attached hydrogen (secondary N) is 2. The number of rotatable bonds is 14. The molecule has 288 valence electrons. The summed E-state index contributed by atoms with van der Waals surface area (Å²) in [5.41, 5.74) is 7.41. The third-order valence-corrected chi connectivity index (χ3v) is 10.3. The van der Waals surface area contributed by atoms with Crippen LogP contribution in [-0.4, -0.2) is 102 Å². The summed E-state index contributed by atoms with van der Waals surface area (Å²) < 4.78 is 13.2. The Morgan fingerprint density at radius 3 is 2.69 bits per heavy atom. The van der Waals surface area contributed by atoms with Crippen molar-refractivity contribution in [2.75, 3.05) is 24.2 Å². The monoisotopic (exact) mass is 775 g/mol. The molecule has 0 spiro atoms. The van der Waals surface area contributed by atoms with Gasteiger partial charge < -0.3 is 40.4 Å². The van der Waals surface area contributed by atoms with E-state index < -0.39 is 60.3 Å². The molecule has 2 aromatic heterocycles. The van der Waals surface area contributed by atoms with Gasteiger partial charge >= 0.3 is 0 Å². The Morgan fingerprint density at radius 1 is 1.07 bits per heavy atom. The molecular weight excluding hydrogens is 738 g/mol. The van der Waals surface area contributed by atoms with E-state index in [4.69, 9.17) is 26.8 Å². The maximum Gasteiger partial charge on any atom is 0.264 e. The number of ether oxygens (including phenoxy) is 2. The lowest BCUT2D eigenvalue weighted by molar-refractivity contribution is -0.136. The molecular formula is C37H38ClN7O10. The van der Waals surface area contributed by atoms with Crippen LogP contribution < -0.4 is 21.1 Å². The fraction of sp³-hybridized carbons (Fsp3) is 0.378. The minimum absolute atomic E-state index is 0.0338. The number of nitrogens with two attached hydrogens (primary N) is 1. The molecule has 5 heterocycles. The minimum atomic E-state index is -1.47. The van der Waals surface area contributed by atoms with Crippen LogP contribution in [0.2, 0.25) is 5.02 Å². The largest absolute Gasteiger partial charge is 0.484 e. The number of fused-ring (bicyclic) bond motifs is 2. The standard InChI is InChI=1S/C37H38ClN7O10/c38-22-9-8-18(28(48)31-29(49)30(50)37(55-31)44-14-12-21-32(39)41-17-42-33(21)44)15-25(22)54-16-19(46)5-2-1-3-13-40-23-7-4-6-20-27(23)36(53)45(35(20)52)24-10-11-26(47)43-34(24)51/h4,6-9,12,14-15,17,24,28-31,37,40,48-50H,1-3,5,10-11,13,16H2,(H2,39,41,42)(H,43,47,51)/t24?,28-,29+,30-,31-,37-/m1/s1. The molecule has 6 atom stereocenters. The Bertz CT molecular complexity index is 2180. The van der Waals surface area contributed by atoms with E-state index in [2.05, 4.69) is 20.6 Å². The van der Waals surface area contributed by atoms with Crippen molar-refractivity contribution in [2.45, 2.75) is 75.2 Å². The molecule has 0 radical (unpaired) electrons. The van der Waals surface area contributed by atoms with E-state index in [0.717, 1.165) is 4.90 Å². The van der Waals surface area contributed by atoms with Gasteiger partial charge in [0.1, 0.15) is 60.6 Å². The van der Waals surface area contributed by atoms with Gasteiger partial charge in [0.2, 0.25) is 11.8 Å². The van der Waals surface area contributed by atoms with Crippen LogP contribution >= 0.6 is 11.6 Å². The number of nitrogen functional groups attached to an aromatic ring is 1. The summed E-state index contributed by atoms with van der Waals surface area (Å²) in [6, 6.07) is 9.92. The lowest BCUT2D eigenvalue weighted by Gasteiger charge is -2.27. The maximum atomic E-state index is 13.3. The van der Waals surface area contributed by atoms with Crippen LogP contribution in [-0.2, 0) is 19.1 Å². The van der Waals surface area contributed by atoms with Crippen molar-refractivity contribution < 1.29 is 48.8 Å². The molecule has 4 aromatic rings. The minimum Gasteiger partial charge on any atom is -0.484 e. The van der Waals surface area contributed by atoms with Gasteiger partial charge in [-0.2, -0.15) is 0 Å². The number of halogens is 1. The first-order chi connectivity index (χ1) is 26.4. The summed E-state index contributed by atoms with van der Waals surface area (Å²) in [5.74, 6) is -2.09. The van der Waals surface area contributed by atoms with Crippen molar-refractivity contribution in [1.82, 2.24) is 24.8 Å². The fourth-order valence-electron chi connectivity index (χ4n) is 7.12. The summed E-state index contributed by atoms with van der Waals surface area (Å²) in [5, 5.41) is 39.0. The number of carbonyl (C=O) groups is 5. The number of nitrogens with zero attached hydrogens (tertiary/aromatic N) is 4. The van der Waals surface area contributed by atoms with Gasteiger partial charge in [0.05, 0.1) is 21.5 Å². The number of piperidine rings is 1. The molecule has 0 saturated carbocycles. The Kier molecular flexibility index (Phi) is 10.8. The van der Waals surface area contributed by atoms with Crippen LogP contribution in [0.4, 0.5) is 11.5 Å². The van der Waals surface area contributed by atoms with Gasteiger partial charge in [-0.3, -0.25) is 34.2 Å². The zero-order chi connectivity index (χ0) is 39.0. The van der Waals surface area contributed by atoms with Crippen molar-refractivity contribution in [1.29, 1.82) is 0 Å². The first-order valence-electron chi connectivity index (χ1n) is 17.7. The lowest BCUT2D eigenvalue weighted by Crippen LogP contribution is -2.54. The highest BCUT2D eigenvalue weighted by molar-refractivity contribution is 6.32. The van der Waals surface area contributed by atoms with Gasteiger partial charge in [-0.05, 0) is 55.2 Å². The first-order valence-corrected chi connectivity index (χ1v) is 18.1. The number of anilines is 2. The average Bonchev–Trinajstić information content (AvgIpc) is 3.81. The van der Waals surface area contributed by atoms with Crippen molar-refractivity contribution in [3.8, 4) is 5.75 Å². The Hall–Kier alpha value is -5.46. The molecule has 3 aliphatic rings. The SMILES string of the molecule is Nc1ncnc2c1ccn2[C@@H]1O[C@H]([C@H](O)c2ccc(Cl)c(OCC(=O)CCCCCNc3cccc4c3C(=O)N(C3CCC(=O)NC3=O)C4=O)c2)[C@@H](O)[C@H]1O. The summed E-state index contributed by atoms with van der Waals surface area (Å²) >= 11 is 6.33. The number of imide groups is 2. The number of Topliss-reactive ketones (excluding diaryl/α,β-unsaturated/α-hetero) is 1. The number of hydrogen-bond acceptors (Lipinski definition) is 14. The second-order valence-corrected chi connectivity index (χ2v) is 14.0. The smallest absolute Gasteiger partial charge is 0.264 e. The van der Waals surface area contributed by atoms with Gasteiger partial charge in [-0.1, -0.05) is 30.2 Å². The number of amides is 4. The number of ketones is 1. The summed E-state index contributed by atoms with van der Waals surface area (Å²) in [4.78, 5) is 72.1. The Morgan fingerprint density at radius 2 is 1.89 bits per heavy atom. The van der Waals surface area contributed by atoms with E-state index in [1.165, 1.54) is 35.2 Å². The molecule has 1 unspecified atom stereocenters. The predicted octanol–water partition coefficient (Wildman–Crippen LogP) is 2.04. The highest BCUT2D eigenvalue weighted by atomic mass is 35.5. The highest BCUT2D eigenvalue weighted by Crippen LogP contribution is 2.39. The molecule has 7 rings (SSSR count). The lowest BCUT2D eigenvalue weighted by atomic mass is 9.99. The molecule has 2 saturated heterocycles. The van der Waals surface area contributed by atoms with Crippen LogP contribution in [0.15, 0.2) is 55.0 Å². The summed E-state index contributed by atoms with van der Waals surface area (Å²) in [7, 11) is 0. The number of unbranched alkanes of at least 4 members (excludes halogenated alkanes) is 2. The van der Waals surface area contributed by atoms with Crippen LogP contribution in [0, 0.1) is 0 Å². The average molecular weight is 776 g/mol. The van der Waals surface area contributed by atoms with Crippen molar-refractivity contribution in [3.63, 3.8) is 0 Å². The maximum absolute atomic E-state index is 13.3. The topological polar surface area (TPSA) is 249 Å². The van der Waals surface area contributed by atoms with Crippen molar-refractivity contribution in [3.05, 3.63) is 76.7 Å². The van der Waals surface area contributed by atoms with E-state index >= 15 is 0 Å².